The topological polar surface area (TPSA) is 77.4 Å². The average molecular weight is 363 g/mol. The number of benzene rings is 1. The van der Waals surface area contributed by atoms with Crippen molar-refractivity contribution in [3.05, 3.63) is 23.3 Å². The SMILES string of the molecule is COc1cc2c(c(OC)c1)C(=O)O[C@H](C)CCCC(=NO)CCCCC2. The number of oxime groups is 1. The smallest absolute Gasteiger partial charge is 0.342 e. The van der Waals surface area contributed by atoms with Gasteiger partial charge in [-0.05, 0) is 63.5 Å². The molecule has 0 radical (unpaired) electrons. The molecule has 0 unspecified atom stereocenters. The summed E-state index contributed by atoms with van der Waals surface area (Å²) in [5, 5.41) is 12.5. The van der Waals surface area contributed by atoms with Crippen LogP contribution in [0.15, 0.2) is 17.3 Å². The molecule has 6 heteroatoms. The van der Waals surface area contributed by atoms with Gasteiger partial charge in [0.1, 0.15) is 17.1 Å². The van der Waals surface area contributed by atoms with Gasteiger partial charge in [-0.3, -0.25) is 0 Å². The van der Waals surface area contributed by atoms with Crippen molar-refractivity contribution in [3.63, 3.8) is 0 Å². The maximum absolute atomic E-state index is 12.8. The van der Waals surface area contributed by atoms with Crippen molar-refractivity contribution in [1.29, 1.82) is 0 Å². The summed E-state index contributed by atoms with van der Waals surface area (Å²) in [5.74, 6) is 0.788. The van der Waals surface area contributed by atoms with Gasteiger partial charge in [0.25, 0.3) is 0 Å². The van der Waals surface area contributed by atoms with Crippen LogP contribution in [-0.4, -0.2) is 37.2 Å². The number of esters is 1. The van der Waals surface area contributed by atoms with E-state index in [0.29, 0.717) is 17.1 Å². The molecule has 0 fully saturated rings. The highest BCUT2D eigenvalue weighted by atomic mass is 16.5. The Morgan fingerprint density at radius 3 is 2.50 bits per heavy atom. The average Bonchev–Trinajstić information content (AvgIpc) is 2.64. The summed E-state index contributed by atoms with van der Waals surface area (Å²) in [6.45, 7) is 1.88. The number of hydrogen-bond acceptors (Lipinski definition) is 6. The second-order valence-electron chi connectivity index (χ2n) is 6.70. The van der Waals surface area contributed by atoms with Crippen LogP contribution in [0.1, 0.15) is 67.8 Å². The van der Waals surface area contributed by atoms with Crippen LogP contribution in [-0.2, 0) is 11.2 Å². The molecule has 1 aliphatic heterocycles. The predicted molar refractivity (Wildman–Crippen MR) is 99.7 cm³/mol. The summed E-state index contributed by atoms with van der Waals surface area (Å²) in [4.78, 5) is 12.8. The third-order valence-electron chi connectivity index (χ3n) is 4.75. The van der Waals surface area contributed by atoms with Gasteiger partial charge in [0.15, 0.2) is 0 Å². The molecule has 0 amide bonds. The Bertz CT molecular complexity index is 641. The molecule has 1 aromatic carbocycles. The number of carbonyl (C=O) groups is 1. The molecule has 144 valence electrons. The van der Waals surface area contributed by atoms with Crippen LogP contribution in [0.5, 0.6) is 11.5 Å². The molecule has 1 heterocycles. The largest absolute Gasteiger partial charge is 0.497 e. The van der Waals surface area contributed by atoms with Gasteiger partial charge in [-0.25, -0.2) is 4.79 Å². The molecular weight excluding hydrogens is 334 g/mol. The number of aryl methyl sites for hydroxylation is 1. The van der Waals surface area contributed by atoms with Gasteiger partial charge >= 0.3 is 5.97 Å². The third kappa shape index (κ3) is 5.38. The second kappa shape index (κ2) is 10.0. The quantitative estimate of drug-likeness (QED) is 0.480. The standard InChI is InChI=1S/C20H29NO5/c1-14-8-7-11-16(21-23)10-6-4-5-9-15-12-17(24-2)13-18(25-3)19(15)20(22)26-14/h12-14,23H,4-11H2,1-3H3/t14-/m1/s1. The summed E-state index contributed by atoms with van der Waals surface area (Å²) >= 11 is 0. The Morgan fingerprint density at radius 2 is 1.81 bits per heavy atom. The molecular formula is C20H29NO5. The highest BCUT2D eigenvalue weighted by Crippen LogP contribution is 2.31. The van der Waals surface area contributed by atoms with Crippen molar-refractivity contribution < 1.29 is 24.2 Å². The maximum atomic E-state index is 12.8. The van der Waals surface area contributed by atoms with Crippen LogP contribution in [0.25, 0.3) is 0 Å². The van der Waals surface area contributed by atoms with Crippen molar-refractivity contribution >= 4 is 11.7 Å². The molecule has 1 aromatic rings. The molecule has 0 saturated heterocycles. The first-order valence-electron chi connectivity index (χ1n) is 9.24. The van der Waals surface area contributed by atoms with Crippen LogP contribution in [0, 0.1) is 0 Å². The zero-order valence-corrected chi connectivity index (χ0v) is 15.9. The first-order valence-corrected chi connectivity index (χ1v) is 9.24. The maximum Gasteiger partial charge on any atom is 0.342 e. The molecule has 1 aliphatic rings. The summed E-state index contributed by atoms with van der Waals surface area (Å²) in [5.41, 5.74) is 2.20. The van der Waals surface area contributed by atoms with Crippen LogP contribution in [0.2, 0.25) is 0 Å². The Balaban J connectivity index is 2.30. The van der Waals surface area contributed by atoms with E-state index in [0.717, 1.165) is 62.6 Å². The molecule has 26 heavy (non-hydrogen) atoms. The van der Waals surface area contributed by atoms with E-state index < -0.39 is 0 Å². The minimum Gasteiger partial charge on any atom is -0.497 e. The van der Waals surface area contributed by atoms with E-state index in [-0.39, 0.29) is 12.1 Å². The fourth-order valence-electron chi connectivity index (χ4n) is 3.29. The molecule has 0 aromatic heterocycles. The first-order chi connectivity index (χ1) is 12.6. The lowest BCUT2D eigenvalue weighted by molar-refractivity contribution is 0.0317. The monoisotopic (exact) mass is 363 g/mol. The fraction of sp³-hybridized carbons (Fsp3) is 0.600. The molecule has 1 atom stereocenters. The van der Waals surface area contributed by atoms with Crippen LogP contribution >= 0.6 is 0 Å². The highest BCUT2D eigenvalue weighted by molar-refractivity contribution is 5.94. The van der Waals surface area contributed by atoms with Crippen molar-refractivity contribution in [1.82, 2.24) is 0 Å². The van der Waals surface area contributed by atoms with Gasteiger partial charge in [0, 0.05) is 6.07 Å². The number of hydrogen-bond donors (Lipinski definition) is 1. The van der Waals surface area contributed by atoms with E-state index in [4.69, 9.17) is 19.4 Å². The van der Waals surface area contributed by atoms with Crippen molar-refractivity contribution in [3.8, 4) is 11.5 Å². The number of cyclic esters (lactones) is 1. The second-order valence-corrected chi connectivity index (χ2v) is 6.70. The van der Waals surface area contributed by atoms with Gasteiger partial charge in [-0.2, -0.15) is 0 Å². The van der Waals surface area contributed by atoms with Crippen molar-refractivity contribution in [2.75, 3.05) is 14.2 Å². The Kier molecular flexibility index (Phi) is 7.75. The minimum absolute atomic E-state index is 0.218. The van der Waals surface area contributed by atoms with Gasteiger partial charge in [0.2, 0.25) is 0 Å². The van der Waals surface area contributed by atoms with Crippen LogP contribution in [0.4, 0.5) is 0 Å². The molecule has 0 aliphatic carbocycles. The van der Waals surface area contributed by atoms with Gasteiger partial charge in [0.05, 0.1) is 26.0 Å². The number of rotatable bonds is 2. The fourth-order valence-corrected chi connectivity index (χ4v) is 3.29. The van der Waals surface area contributed by atoms with Crippen molar-refractivity contribution in [2.24, 2.45) is 5.16 Å². The molecule has 0 saturated carbocycles. The number of carbonyl (C=O) groups excluding carboxylic acids is 1. The summed E-state index contributed by atoms with van der Waals surface area (Å²) in [7, 11) is 3.15. The van der Waals surface area contributed by atoms with E-state index in [2.05, 4.69) is 5.16 Å². The number of fused-ring (bicyclic) bond motifs is 1. The highest BCUT2D eigenvalue weighted by Gasteiger charge is 2.22. The van der Waals surface area contributed by atoms with Gasteiger partial charge in [-0.15, -0.1) is 0 Å². The minimum atomic E-state index is -0.361. The van der Waals surface area contributed by atoms with E-state index >= 15 is 0 Å². The van der Waals surface area contributed by atoms with E-state index in [1.54, 1.807) is 20.3 Å². The normalized spacial score (nSPS) is 21.4. The van der Waals surface area contributed by atoms with Gasteiger partial charge < -0.3 is 19.4 Å². The lowest BCUT2D eigenvalue weighted by Crippen LogP contribution is -2.18. The number of ether oxygens (including phenoxy) is 3. The van der Waals surface area contributed by atoms with Crippen molar-refractivity contribution in [2.45, 2.75) is 64.4 Å². The zero-order valence-electron chi connectivity index (χ0n) is 15.9. The third-order valence-corrected chi connectivity index (χ3v) is 4.75. The molecule has 0 spiro atoms. The lowest BCUT2D eigenvalue weighted by Gasteiger charge is -2.19. The molecule has 0 bridgehead atoms. The zero-order chi connectivity index (χ0) is 18.9. The Labute approximate surface area is 155 Å². The first kappa shape index (κ1) is 20.1. The van der Waals surface area contributed by atoms with E-state index in [1.807, 2.05) is 13.0 Å². The molecule has 1 N–H and O–H groups in total. The summed E-state index contributed by atoms with van der Waals surface area (Å²) in [6.07, 6.45) is 6.47. The Hall–Kier alpha value is -2.24. The van der Waals surface area contributed by atoms with E-state index in [1.165, 1.54) is 0 Å². The molecule has 2 rings (SSSR count). The lowest BCUT2D eigenvalue weighted by atomic mass is 9.98. The number of nitrogens with zero attached hydrogens (tertiary/aromatic N) is 1. The van der Waals surface area contributed by atoms with Crippen LogP contribution < -0.4 is 9.47 Å². The molecule has 6 nitrogen and oxygen atoms in total. The number of methoxy groups -OCH3 is 2. The van der Waals surface area contributed by atoms with Gasteiger partial charge in [-0.1, -0.05) is 11.6 Å². The predicted octanol–water partition coefficient (Wildman–Crippen LogP) is 4.37. The summed E-state index contributed by atoms with van der Waals surface area (Å²) < 4.78 is 16.4. The Morgan fingerprint density at radius 1 is 1.08 bits per heavy atom. The van der Waals surface area contributed by atoms with Crippen LogP contribution in [0.3, 0.4) is 0 Å². The summed E-state index contributed by atoms with van der Waals surface area (Å²) in [6, 6.07) is 3.61. The van der Waals surface area contributed by atoms with E-state index in [9.17, 15) is 4.79 Å².